The zero-order valence-corrected chi connectivity index (χ0v) is 10.2. The average Bonchev–Trinajstić information content (AvgIpc) is 2.96. The molecule has 2 nitrogen and oxygen atoms in total. The normalized spacial score (nSPS) is 11.1. The molecule has 3 rings (SSSR count). The van der Waals surface area contributed by atoms with E-state index in [0.717, 1.165) is 17.4 Å². The number of nitrogens with two attached hydrogens (primary N) is 1. The molecular formula is C14H13NOS. The molecule has 3 aromatic rings. The first-order valence-corrected chi connectivity index (χ1v) is 6.50. The van der Waals surface area contributed by atoms with Gasteiger partial charge < -0.3 is 10.2 Å². The van der Waals surface area contributed by atoms with Crippen LogP contribution in [0.4, 0.5) is 0 Å². The van der Waals surface area contributed by atoms with Gasteiger partial charge in [0.15, 0.2) is 0 Å². The van der Waals surface area contributed by atoms with Crippen molar-refractivity contribution in [3.05, 3.63) is 46.9 Å². The molecule has 0 fully saturated rings. The SMILES string of the molecule is NCCc1sccc1-c1ccc2occc2c1. The highest BCUT2D eigenvalue weighted by atomic mass is 32.1. The summed E-state index contributed by atoms with van der Waals surface area (Å²) in [6, 6.07) is 10.5. The molecule has 0 bridgehead atoms. The van der Waals surface area contributed by atoms with Crippen LogP contribution in [-0.4, -0.2) is 6.54 Å². The van der Waals surface area contributed by atoms with Gasteiger partial charge in [-0.1, -0.05) is 6.07 Å². The molecule has 2 N–H and O–H groups in total. The highest BCUT2D eigenvalue weighted by Crippen LogP contribution is 2.31. The van der Waals surface area contributed by atoms with Gasteiger partial charge in [0.2, 0.25) is 0 Å². The molecule has 17 heavy (non-hydrogen) atoms. The average molecular weight is 243 g/mol. The van der Waals surface area contributed by atoms with Gasteiger partial charge in [0, 0.05) is 10.3 Å². The number of hydrogen-bond acceptors (Lipinski definition) is 3. The third-order valence-electron chi connectivity index (χ3n) is 2.88. The van der Waals surface area contributed by atoms with E-state index < -0.39 is 0 Å². The van der Waals surface area contributed by atoms with Gasteiger partial charge in [0.1, 0.15) is 5.58 Å². The summed E-state index contributed by atoms with van der Waals surface area (Å²) in [5, 5.41) is 3.27. The lowest BCUT2D eigenvalue weighted by atomic mass is 10.0. The minimum absolute atomic E-state index is 0.696. The van der Waals surface area contributed by atoms with E-state index in [9.17, 15) is 0 Å². The lowest BCUT2D eigenvalue weighted by Gasteiger charge is -2.03. The van der Waals surface area contributed by atoms with Crippen molar-refractivity contribution >= 4 is 22.3 Å². The monoisotopic (exact) mass is 243 g/mol. The fourth-order valence-corrected chi connectivity index (χ4v) is 2.97. The highest BCUT2D eigenvalue weighted by Gasteiger charge is 2.07. The second-order valence-electron chi connectivity index (χ2n) is 3.97. The Bertz CT molecular complexity index is 638. The topological polar surface area (TPSA) is 39.2 Å². The Morgan fingerprint density at radius 3 is 3.00 bits per heavy atom. The van der Waals surface area contributed by atoms with Gasteiger partial charge >= 0.3 is 0 Å². The molecule has 0 amide bonds. The molecule has 0 radical (unpaired) electrons. The molecule has 0 spiro atoms. The Morgan fingerprint density at radius 2 is 2.12 bits per heavy atom. The van der Waals surface area contributed by atoms with E-state index in [1.54, 1.807) is 17.6 Å². The largest absolute Gasteiger partial charge is 0.464 e. The maximum atomic E-state index is 5.63. The lowest BCUT2D eigenvalue weighted by molar-refractivity contribution is 0.616. The molecule has 0 saturated carbocycles. The highest BCUT2D eigenvalue weighted by molar-refractivity contribution is 7.10. The van der Waals surface area contributed by atoms with Crippen molar-refractivity contribution in [2.75, 3.05) is 6.54 Å². The molecule has 0 aliphatic rings. The van der Waals surface area contributed by atoms with E-state index in [-0.39, 0.29) is 0 Å². The van der Waals surface area contributed by atoms with Gasteiger partial charge in [-0.2, -0.15) is 0 Å². The minimum atomic E-state index is 0.696. The third-order valence-corrected chi connectivity index (χ3v) is 3.86. The van der Waals surface area contributed by atoms with Crippen molar-refractivity contribution in [2.45, 2.75) is 6.42 Å². The molecule has 0 aliphatic heterocycles. The van der Waals surface area contributed by atoms with Crippen molar-refractivity contribution in [1.29, 1.82) is 0 Å². The van der Waals surface area contributed by atoms with Gasteiger partial charge in [-0.3, -0.25) is 0 Å². The molecular weight excluding hydrogens is 230 g/mol. The summed E-state index contributed by atoms with van der Waals surface area (Å²) in [5.74, 6) is 0. The molecule has 1 aromatic carbocycles. The fraction of sp³-hybridized carbons (Fsp3) is 0.143. The summed E-state index contributed by atoms with van der Waals surface area (Å²) in [6.07, 6.45) is 2.67. The second kappa shape index (κ2) is 4.35. The molecule has 3 heteroatoms. The van der Waals surface area contributed by atoms with Crippen LogP contribution >= 0.6 is 11.3 Å². The second-order valence-corrected chi connectivity index (χ2v) is 4.97. The van der Waals surface area contributed by atoms with Crippen LogP contribution in [0.25, 0.3) is 22.1 Å². The summed E-state index contributed by atoms with van der Waals surface area (Å²) in [5.41, 5.74) is 9.10. The Labute approximate surface area is 104 Å². The van der Waals surface area contributed by atoms with Gasteiger partial charge in [0.25, 0.3) is 0 Å². The summed E-state index contributed by atoms with van der Waals surface area (Å²) in [6.45, 7) is 0.696. The van der Waals surface area contributed by atoms with Crippen LogP contribution in [-0.2, 0) is 6.42 Å². The predicted octanol–water partition coefficient (Wildman–Crippen LogP) is 3.66. The summed E-state index contributed by atoms with van der Waals surface area (Å²) in [7, 11) is 0. The summed E-state index contributed by atoms with van der Waals surface area (Å²) >= 11 is 1.77. The van der Waals surface area contributed by atoms with Gasteiger partial charge in [-0.15, -0.1) is 11.3 Å². The fourth-order valence-electron chi connectivity index (χ4n) is 2.06. The number of thiophene rings is 1. The first-order valence-electron chi connectivity index (χ1n) is 5.62. The Hall–Kier alpha value is -1.58. The molecule has 0 atom stereocenters. The van der Waals surface area contributed by atoms with Crippen LogP contribution in [0.2, 0.25) is 0 Å². The van der Waals surface area contributed by atoms with Crippen molar-refractivity contribution < 1.29 is 4.42 Å². The molecule has 86 valence electrons. The molecule has 0 unspecified atom stereocenters. The minimum Gasteiger partial charge on any atom is -0.464 e. The molecule has 2 heterocycles. The Kier molecular flexibility index (Phi) is 2.71. The van der Waals surface area contributed by atoms with Crippen LogP contribution < -0.4 is 5.73 Å². The van der Waals surface area contributed by atoms with Crippen molar-refractivity contribution in [1.82, 2.24) is 0 Å². The number of hydrogen-bond donors (Lipinski definition) is 1. The van der Waals surface area contributed by atoms with E-state index in [1.165, 1.54) is 16.0 Å². The summed E-state index contributed by atoms with van der Waals surface area (Å²) < 4.78 is 5.35. The van der Waals surface area contributed by atoms with Crippen molar-refractivity contribution in [2.24, 2.45) is 5.73 Å². The van der Waals surface area contributed by atoms with Gasteiger partial charge in [0.05, 0.1) is 6.26 Å². The zero-order chi connectivity index (χ0) is 11.7. The van der Waals surface area contributed by atoms with Crippen LogP contribution in [0.1, 0.15) is 4.88 Å². The van der Waals surface area contributed by atoms with Crippen LogP contribution in [0.15, 0.2) is 46.4 Å². The van der Waals surface area contributed by atoms with E-state index in [4.69, 9.17) is 10.2 Å². The van der Waals surface area contributed by atoms with Crippen LogP contribution in [0.5, 0.6) is 0 Å². The van der Waals surface area contributed by atoms with E-state index in [0.29, 0.717) is 6.54 Å². The van der Waals surface area contributed by atoms with Gasteiger partial charge in [-0.05, 0) is 53.7 Å². The predicted molar refractivity (Wildman–Crippen MR) is 72.3 cm³/mol. The lowest BCUT2D eigenvalue weighted by Crippen LogP contribution is -2.01. The Morgan fingerprint density at radius 1 is 1.18 bits per heavy atom. The number of fused-ring (bicyclic) bond motifs is 1. The number of benzene rings is 1. The number of rotatable bonds is 3. The van der Waals surface area contributed by atoms with E-state index in [2.05, 4.69) is 23.6 Å². The van der Waals surface area contributed by atoms with Crippen molar-refractivity contribution in [3.8, 4) is 11.1 Å². The first-order chi connectivity index (χ1) is 8.38. The summed E-state index contributed by atoms with van der Waals surface area (Å²) in [4.78, 5) is 1.36. The maximum Gasteiger partial charge on any atom is 0.133 e. The smallest absolute Gasteiger partial charge is 0.133 e. The van der Waals surface area contributed by atoms with E-state index >= 15 is 0 Å². The molecule has 2 aromatic heterocycles. The van der Waals surface area contributed by atoms with Gasteiger partial charge in [-0.25, -0.2) is 0 Å². The standard InChI is InChI=1S/C14H13NOS/c15-6-3-14-12(5-8-17-14)10-1-2-13-11(9-10)4-7-16-13/h1-2,4-5,7-9H,3,6,15H2. The van der Waals surface area contributed by atoms with Crippen LogP contribution in [0, 0.1) is 0 Å². The zero-order valence-electron chi connectivity index (χ0n) is 9.35. The first kappa shape index (κ1) is 10.6. The third kappa shape index (κ3) is 1.88. The molecule has 0 aliphatic carbocycles. The molecule has 0 saturated heterocycles. The maximum absolute atomic E-state index is 5.63. The quantitative estimate of drug-likeness (QED) is 0.762. The Balaban J connectivity index is 2.09. The van der Waals surface area contributed by atoms with Crippen molar-refractivity contribution in [3.63, 3.8) is 0 Å². The van der Waals surface area contributed by atoms with E-state index in [1.807, 2.05) is 12.1 Å². The number of furan rings is 1. The van der Waals surface area contributed by atoms with Crippen LogP contribution in [0.3, 0.4) is 0 Å².